The minimum atomic E-state index is -2.34. The van der Waals surface area contributed by atoms with Crippen molar-refractivity contribution in [2.45, 2.75) is 203 Å². The summed E-state index contributed by atoms with van der Waals surface area (Å²) < 4.78 is 36.0. The van der Waals surface area contributed by atoms with E-state index in [1.807, 2.05) is 36.4 Å². The van der Waals surface area contributed by atoms with Gasteiger partial charge in [-0.1, -0.05) is 207 Å². The molecule has 2 rings (SSSR count). The summed E-state index contributed by atoms with van der Waals surface area (Å²) in [5.41, 5.74) is 1.69. The van der Waals surface area contributed by atoms with Gasteiger partial charge in [0.25, 0.3) is 0 Å². The third kappa shape index (κ3) is 18.3. The molecule has 314 valence electrons. The van der Waals surface area contributed by atoms with Gasteiger partial charge < -0.3 is 13.8 Å². The zero-order valence-electron chi connectivity index (χ0n) is 36.8. The third-order valence-corrected chi connectivity index (χ3v) is 13.4. The minimum Gasteiger partial charge on any atom is -0.465 e. The van der Waals surface area contributed by atoms with Gasteiger partial charge in [-0.15, -0.1) is 0 Å². The molecule has 2 aromatic carbocycles. The fraction of sp³-hybridized carbons (Fsp3) is 0.729. The van der Waals surface area contributed by atoms with E-state index in [1.54, 1.807) is 12.1 Å². The molecular weight excluding hydrogens is 706 g/mol. The monoisotopic (exact) mass is 787 g/mol. The lowest BCUT2D eigenvalue weighted by Crippen LogP contribution is -2.31. The average molecular weight is 787 g/mol. The number of rotatable bonds is 31. The van der Waals surface area contributed by atoms with Crippen LogP contribution in [0, 0.1) is 16.7 Å². The number of hydrogen-bond donors (Lipinski definition) is 0. The zero-order valence-corrected chi connectivity index (χ0v) is 37.7. The normalized spacial score (nSPS) is 14.0. The number of para-hydroxylation sites is 1. The maximum atomic E-state index is 14.0. The van der Waals surface area contributed by atoms with Gasteiger partial charge in [-0.05, 0) is 69.7 Å². The van der Waals surface area contributed by atoms with E-state index >= 15 is 0 Å². The molecular formula is C48H80FO5P. The summed E-state index contributed by atoms with van der Waals surface area (Å²) in [6.07, 6.45) is 23.5. The molecule has 2 aromatic rings. The van der Waals surface area contributed by atoms with E-state index < -0.39 is 14.5 Å². The summed E-state index contributed by atoms with van der Waals surface area (Å²) in [6.45, 7) is 22.5. The summed E-state index contributed by atoms with van der Waals surface area (Å²) in [5, 5.41) is 0. The Labute approximate surface area is 338 Å². The van der Waals surface area contributed by atoms with Crippen molar-refractivity contribution in [1.29, 1.82) is 0 Å². The second-order valence-electron chi connectivity index (χ2n) is 18.1. The van der Waals surface area contributed by atoms with E-state index in [1.165, 1.54) is 89.9 Å². The zero-order chi connectivity index (χ0) is 40.7. The largest absolute Gasteiger partial charge is 0.497 e. The predicted octanol–water partition coefficient (Wildman–Crippen LogP) is 16.3. The summed E-state index contributed by atoms with van der Waals surface area (Å²) in [5.74, 6) is 0.643. The van der Waals surface area contributed by atoms with Crippen molar-refractivity contribution in [2.75, 3.05) is 6.61 Å². The summed E-state index contributed by atoms with van der Waals surface area (Å²) >= 11 is 0. The van der Waals surface area contributed by atoms with Crippen molar-refractivity contribution in [3.63, 3.8) is 0 Å². The molecule has 0 N–H and O–H groups in total. The van der Waals surface area contributed by atoms with Crippen molar-refractivity contribution >= 4 is 14.6 Å². The van der Waals surface area contributed by atoms with Crippen LogP contribution >= 0.6 is 8.60 Å². The van der Waals surface area contributed by atoms with Crippen LogP contribution < -0.4 is 9.05 Å². The van der Waals surface area contributed by atoms with Gasteiger partial charge in [-0.2, -0.15) is 0 Å². The Bertz CT molecular complexity index is 1310. The molecule has 0 saturated carbocycles. The molecule has 0 saturated heterocycles. The van der Waals surface area contributed by atoms with Crippen LogP contribution in [0.5, 0.6) is 11.5 Å². The molecule has 0 amide bonds. The second-order valence-corrected chi connectivity index (χ2v) is 19.1. The predicted molar refractivity (Wildman–Crippen MR) is 231 cm³/mol. The molecule has 0 fully saturated rings. The van der Waals surface area contributed by atoms with E-state index in [0.29, 0.717) is 30.4 Å². The fourth-order valence-corrected chi connectivity index (χ4v) is 7.87. The van der Waals surface area contributed by atoms with E-state index in [0.717, 1.165) is 36.8 Å². The molecule has 0 aromatic heterocycles. The molecule has 3 unspecified atom stereocenters. The molecule has 0 radical (unpaired) electrons. The van der Waals surface area contributed by atoms with Crippen LogP contribution in [0.25, 0.3) is 0 Å². The maximum Gasteiger partial charge on any atom is 0.497 e. The molecule has 0 heterocycles. The molecule has 0 aliphatic rings. The van der Waals surface area contributed by atoms with Gasteiger partial charge in [0.15, 0.2) is 0 Å². The first-order chi connectivity index (χ1) is 26.2. The molecule has 0 bridgehead atoms. The smallest absolute Gasteiger partial charge is 0.465 e. The average Bonchev–Trinajstić information content (AvgIpc) is 3.18. The molecule has 7 heteroatoms. The number of esters is 1. The SMILES string of the molecule is CCCCCCCCCCCCCCCCC(COC(=O)C(CC(C)(C)CC)c1ccc(OP(OF)Oc2ccccc2C(C)(C)CC)cc1)C(C)(C)CC. The number of carbonyl (C=O) groups is 1. The first-order valence-corrected chi connectivity index (χ1v) is 23.1. The van der Waals surface area contributed by atoms with Crippen molar-refractivity contribution in [2.24, 2.45) is 16.7 Å². The van der Waals surface area contributed by atoms with E-state index in [-0.39, 0.29) is 22.2 Å². The Kier molecular flexibility index (Phi) is 23.1. The van der Waals surface area contributed by atoms with Crippen LogP contribution in [-0.2, 0) is 19.7 Å². The summed E-state index contributed by atoms with van der Waals surface area (Å²) in [7, 11) is -2.34. The first kappa shape index (κ1) is 49.0. The van der Waals surface area contributed by atoms with Crippen molar-refractivity contribution < 1.29 is 27.8 Å². The van der Waals surface area contributed by atoms with E-state index in [2.05, 4.69) is 74.0 Å². The number of halogens is 1. The lowest BCUT2D eigenvalue weighted by molar-refractivity contribution is -0.149. The van der Waals surface area contributed by atoms with Crippen LogP contribution in [0.3, 0.4) is 0 Å². The van der Waals surface area contributed by atoms with Crippen LogP contribution in [-0.4, -0.2) is 12.6 Å². The van der Waals surface area contributed by atoms with Crippen LogP contribution in [0.2, 0.25) is 0 Å². The third-order valence-electron chi connectivity index (χ3n) is 12.5. The quantitative estimate of drug-likeness (QED) is 0.0433. The van der Waals surface area contributed by atoms with Crippen LogP contribution in [0.1, 0.15) is 208 Å². The standard InChI is InChI=1S/C48H80FO5P/c1-11-15-16-17-18-19-20-21-22-23-24-25-26-27-30-40(47(7,8)13-3)38-51-45(50)42(37-46(5,6)12-2)39-33-35-41(36-34-39)52-55(54-49)53-44-32-29-28-31-43(44)48(9,10)14-4/h28-29,31-36,40,42H,11-27,30,37-38H2,1-10H3. The Balaban J connectivity index is 1.98. The van der Waals surface area contributed by atoms with E-state index in [4.69, 9.17) is 13.8 Å². The number of ether oxygens (including phenoxy) is 1. The fourth-order valence-electron chi connectivity index (χ4n) is 7.16. The van der Waals surface area contributed by atoms with Crippen molar-refractivity contribution in [1.82, 2.24) is 0 Å². The molecule has 0 aliphatic heterocycles. The molecule has 0 aliphatic carbocycles. The molecule has 55 heavy (non-hydrogen) atoms. The Morgan fingerprint density at radius 2 is 1.22 bits per heavy atom. The highest BCUT2D eigenvalue weighted by Gasteiger charge is 2.33. The van der Waals surface area contributed by atoms with Crippen molar-refractivity contribution in [3.8, 4) is 11.5 Å². The molecule has 5 nitrogen and oxygen atoms in total. The van der Waals surface area contributed by atoms with E-state index in [9.17, 15) is 9.32 Å². The molecule has 0 spiro atoms. The van der Waals surface area contributed by atoms with Gasteiger partial charge in [0, 0.05) is 5.56 Å². The number of unbranched alkanes of at least 4 members (excludes halogenated alkanes) is 13. The number of benzene rings is 2. The second kappa shape index (κ2) is 26.0. The van der Waals surface area contributed by atoms with Gasteiger partial charge in [0.2, 0.25) is 0 Å². The van der Waals surface area contributed by atoms with Gasteiger partial charge in [-0.3, -0.25) is 4.79 Å². The van der Waals surface area contributed by atoms with Gasteiger partial charge in [0.1, 0.15) is 11.5 Å². The lowest BCUT2D eigenvalue weighted by Gasteiger charge is -2.34. The molecule has 3 atom stereocenters. The Morgan fingerprint density at radius 1 is 0.673 bits per heavy atom. The van der Waals surface area contributed by atoms with Crippen molar-refractivity contribution in [3.05, 3.63) is 59.7 Å². The number of carbonyl (C=O) groups excluding carboxylic acids is 1. The minimum absolute atomic E-state index is 0.0565. The van der Waals surface area contributed by atoms with Gasteiger partial charge in [-0.25, -0.2) is 0 Å². The van der Waals surface area contributed by atoms with Crippen LogP contribution in [0.4, 0.5) is 4.53 Å². The van der Waals surface area contributed by atoms with Gasteiger partial charge >= 0.3 is 14.6 Å². The summed E-state index contributed by atoms with van der Waals surface area (Å²) in [4.78, 5) is 14.0. The lowest BCUT2D eigenvalue weighted by atomic mass is 9.74. The summed E-state index contributed by atoms with van der Waals surface area (Å²) in [6, 6.07) is 14.9. The first-order valence-electron chi connectivity index (χ1n) is 22.0. The maximum absolute atomic E-state index is 14.0. The van der Waals surface area contributed by atoms with Crippen LogP contribution in [0.15, 0.2) is 48.5 Å². The Morgan fingerprint density at radius 3 is 1.73 bits per heavy atom. The number of hydrogen-bond acceptors (Lipinski definition) is 5. The highest BCUT2D eigenvalue weighted by atomic mass is 31.2. The highest BCUT2D eigenvalue weighted by Crippen LogP contribution is 2.46. The van der Waals surface area contributed by atoms with Gasteiger partial charge in [0.05, 0.1) is 12.5 Å². The highest BCUT2D eigenvalue weighted by molar-refractivity contribution is 7.42. The topological polar surface area (TPSA) is 54.0 Å². The Hall–Kier alpha value is -2.17.